The van der Waals surface area contributed by atoms with E-state index in [4.69, 9.17) is 16.3 Å². The molecule has 3 aromatic rings. The molecule has 21 heavy (non-hydrogen) atoms. The van der Waals surface area contributed by atoms with Gasteiger partial charge in [0, 0.05) is 16.2 Å². The molecule has 0 saturated carbocycles. The molecule has 0 spiro atoms. The van der Waals surface area contributed by atoms with Gasteiger partial charge in [-0.1, -0.05) is 34.7 Å². The molecule has 0 bridgehead atoms. The maximum absolute atomic E-state index is 5.83. The fourth-order valence-electron chi connectivity index (χ4n) is 1.52. The molecule has 4 nitrogen and oxygen atoms in total. The lowest BCUT2D eigenvalue weighted by atomic mass is 10.3. The number of thiazole rings is 1. The number of thioether (sulfide) groups is 1. The van der Waals surface area contributed by atoms with Gasteiger partial charge in [0.05, 0.1) is 5.69 Å². The third-order valence-corrected chi connectivity index (χ3v) is 5.48. The summed E-state index contributed by atoms with van der Waals surface area (Å²) >= 11 is 10.6. The number of halogens is 1. The van der Waals surface area contributed by atoms with Crippen LogP contribution in [0.4, 0.5) is 0 Å². The molecule has 0 aliphatic heterocycles. The van der Waals surface area contributed by atoms with E-state index >= 15 is 0 Å². The summed E-state index contributed by atoms with van der Waals surface area (Å²) in [5, 5.41) is 11.5. The van der Waals surface area contributed by atoms with Gasteiger partial charge in [-0.05, 0) is 24.3 Å². The van der Waals surface area contributed by atoms with E-state index in [1.54, 1.807) is 28.6 Å². The molecule has 0 N–H and O–H groups in total. The minimum Gasteiger partial charge on any atom is -0.486 e. The van der Waals surface area contributed by atoms with Crippen molar-refractivity contribution >= 4 is 46.0 Å². The zero-order valence-corrected chi connectivity index (χ0v) is 13.9. The van der Waals surface area contributed by atoms with E-state index in [2.05, 4.69) is 20.6 Å². The lowest BCUT2D eigenvalue weighted by Crippen LogP contribution is -1.95. The second-order valence-electron chi connectivity index (χ2n) is 3.97. The molecular formula is C13H10ClN3OS3. The van der Waals surface area contributed by atoms with E-state index < -0.39 is 0 Å². The van der Waals surface area contributed by atoms with E-state index in [1.165, 1.54) is 11.3 Å². The smallest absolute Gasteiger partial charge is 0.174 e. The fraction of sp³-hybridized carbons (Fsp3) is 0.154. The van der Waals surface area contributed by atoms with Gasteiger partial charge in [0.2, 0.25) is 0 Å². The second-order valence-corrected chi connectivity index (χ2v) is 7.40. The third kappa shape index (κ3) is 4.41. The number of ether oxygens (including phenoxy) is 1. The van der Waals surface area contributed by atoms with Crippen molar-refractivity contribution in [1.29, 1.82) is 0 Å². The summed E-state index contributed by atoms with van der Waals surface area (Å²) in [5.74, 6) is 1.59. The fourth-order valence-corrected chi connectivity index (χ4v) is 3.84. The van der Waals surface area contributed by atoms with Crippen LogP contribution >= 0.6 is 46.0 Å². The zero-order chi connectivity index (χ0) is 14.5. The molecule has 0 unspecified atom stereocenters. The number of aromatic nitrogens is 3. The van der Waals surface area contributed by atoms with E-state index in [0.717, 1.165) is 26.5 Å². The van der Waals surface area contributed by atoms with Crippen molar-refractivity contribution in [3.8, 4) is 5.75 Å². The Labute approximate surface area is 139 Å². The van der Waals surface area contributed by atoms with Crippen molar-refractivity contribution in [2.24, 2.45) is 0 Å². The van der Waals surface area contributed by atoms with E-state index in [9.17, 15) is 0 Å². The third-order valence-electron chi connectivity index (χ3n) is 2.46. The number of benzene rings is 1. The predicted octanol–water partition coefficient (Wildman–Crippen LogP) is 4.52. The molecule has 2 heterocycles. The molecule has 108 valence electrons. The number of rotatable bonds is 6. The van der Waals surface area contributed by atoms with Crippen LogP contribution in [0.2, 0.25) is 5.02 Å². The maximum Gasteiger partial charge on any atom is 0.174 e. The Kier molecular flexibility index (Phi) is 5.08. The van der Waals surface area contributed by atoms with Gasteiger partial charge in [0.15, 0.2) is 4.34 Å². The van der Waals surface area contributed by atoms with Gasteiger partial charge in [-0.25, -0.2) is 4.98 Å². The summed E-state index contributed by atoms with van der Waals surface area (Å²) in [5.41, 5.74) is 2.77. The number of hydrogen-bond acceptors (Lipinski definition) is 7. The Morgan fingerprint density at radius 1 is 1.19 bits per heavy atom. The van der Waals surface area contributed by atoms with Crippen LogP contribution < -0.4 is 4.74 Å². The maximum atomic E-state index is 5.83. The predicted molar refractivity (Wildman–Crippen MR) is 87.4 cm³/mol. The average Bonchev–Trinajstić information content (AvgIpc) is 3.16. The summed E-state index contributed by atoms with van der Waals surface area (Å²) in [6, 6.07) is 7.32. The quantitative estimate of drug-likeness (QED) is 0.608. The SMILES string of the molecule is Clc1ccc(OCc2nc(CSc3nncs3)cs2)cc1. The van der Waals surface area contributed by atoms with Crippen LogP contribution in [0.15, 0.2) is 39.5 Å². The highest BCUT2D eigenvalue weighted by Crippen LogP contribution is 2.25. The molecule has 0 saturated heterocycles. The Hall–Kier alpha value is -1.15. The van der Waals surface area contributed by atoms with Crippen LogP contribution in [0.1, 0.15) is 10.7 Å². The van der Waals surface area contributed by atoms with Crippen molar-refractivity contribution < 1.29 is 4.74 Å². The first kappa shape index (κ1) is 14.8. The Morgan fingerprint density at radius 2 is 2.05 bits per heavy atom. The lowest BCUT2D eigenvalue weighted by molar-refractivity contribution is 0.305. The molecule has 0 amide bonds. The Morgan fingerprint density at radius 3 is 2.81 bits per heavy atom. The summed E-state index contributed by atoms with van der Waals surface area (Å²) in [4.78, 5) is 4.55. The first-order valence-corrected chi connectivity index (χ1v) is 9.12. The summed E-state index contributed by atoms with van der Waals surface area (Å²) in [6.07, 6.45) is 0. The normalized spacial score (nSPS) is 10.7. The van der Waals surface area contributed by atoms with Gasteiger partial charge in [-0.3, -0.25) is 0 Å². The highest BCUT2D eigenvalue weighted by Gasteiger charge is 2.05. The standard InChI is InChI=1S/C13H10ClN3OS3/c14-9-1-3-11(4-2-9)18-5-12-16-10(6-19-12)7-20-13-17-15-8-21-13/h1-4,6,8H,5,7H2. The van der Waals surface area contributed by atoms with Gasteiger partial charge < -0.3 is 4.74 Å². The van der Waals surface area contributed by atoms with E-state index in [0.29, 0.717) is 11.6 Å². The molecule has 0 atom stereocenters. The van der Waals surface area contributed by atoms with Crippen molar-refractivity contribution in [3.63, 3.8) is 0 Å². The monoisotopic (exact) mass is 355 g/mol. The van der Waals surface area contributed by atoms with E-state index in [-0.39, 0.29) is 0 Å². The van der Waals surface area contributed by atoms with Crippen LogP contribution in [0.25, 0.3) is 0 Å². The summed E-state index contributed by atoms with van der Waals surface area (Å²) in [6.45, 7) is 0.468. The largest absolute Gasteiger partial charge is 0.486 e. The highest BCUT2D eigenvalue weighted by atomic mass is 35.5. The van der Waals surface area contributed by atoms with E-state index in [1.807, 2.05) is 24.3 Å². The molecule has 0 fully saturated rings. The molecular weight excluding hydrogens is 346 g/mol. The van der Waals surface area contributed by atoms with Crippen LogP contribution in [0, 0.1) is 0 Å². The topological polar surface area (TPSA) is 47.9 Å². The highest BCUT2D eigenvalue weighted by molar-refractivity contribution is 8.00. The van der Waals surface area contributed by atoms with Gasteiger partial charge in [0.25, 0.3) is 0 Å². The first-order valence-electron chi connectivity index (χ1n) is 6.00. The molecule has 1 aromatic carbocycles. The van der Waals surface area contributed by atoms with Gasteiger partial charge in [-0.2, -0.15) is 0 Å². The molecule has 0 aliphatic rings. The van der Waals surface area contributed by atoms with Crippen LogP contribution in [0.5, 0.6) is 5.75 Å². The Bertz CT molecular complexity index is 685. The van der Waals surface area contributed by atoms with Crippen molar-refractivity contribution in [1.82, 2.24) is 15.2 Å². The summed E-state index contributed by atoms with van der Waals surface area (Å²) in [7, 11) is 0. The zero-order valence-electron chi connectivity index (χ0n) is 10.7. The van der Waals surface area contributed by atoms with Crippen LogP contribution in [-0.2, 0) is 12.4 Å². The number of hydrogen-bond donors (Lipinski definition) is 0. The van der Waals surface area contributed by atoms with Gasteiger partial charge in [0.1, 0.15) is 22.9 Å². The summed E-state index contributed by atoms with van der Waals surface area (Å²) < 4.78 is 6.63. The first-order chi connectivity index (χ1) is 10.3. The van der Waals surface area contributed by atoms with Crippen LogP contribution in [-0.4, -0.2) is 15.2 Å². The van der Waals surface area contributed by atoms with Crippen molar-refractivity contribution in [2.75, 3.05) is 0 Å². The molecule has 0 aliphatic carbocycles. The minimum absolute atomic E-state index is 0.468. The minimum atomic E-state index is 0.468. The lowest BCUT2D eigenvalue weighted by Gasteiger charge is -2.03. The molecule has 0 radical (unpaired) electrons. The molecule has 2 aromatic heterocycles. The average molecular weight is 356 g/mol. The van der Waals surface area contributed by atoms with Crippen molar-refractivity contribution in [3.05, 3.63) is 50.9 Å². The van der Waals surface area contributed by atoms with Crippen LogP contribution in [0.3, 0.4) is 0 Å². The molecule has 3 rings (SSSR count). The Balaban J connectivity index is 1.51. The second kappa shape index (κ2) is 7.22. The number of nitrogens with zero attached hydrogens (tertiary/aromatic N) is 3. The molecule has 8 heteroatoms. The van der Waals surface area contributed by atoms with Gasteiger partial charge in [-0.15, -0.1) is 21.5 Å². The van der Waals surface area contributed by atoms with Gasteiger partial charge >= 0.3 is 0 Å². The van der Waals surface area contributed by atoms with Crippen molar-refractivity contribution in [2.45, 2.75) is 16.7 Å².